The minimum atomic E-state index is -3.88. The highest BCUT2D eigenvalue weighted by atomic mass is 32.2. The molecule has 0 bridgehead atoms. The number of benzene rings is 3. The Morgan fingerprint density at radius 1 is 1.00 bits per heavy atom. The van der Waals surface area contributed by atoms with Crippen LogP contribution < -0.4 is 14.8 Å². The summed E-state index contributed by atoms with van der Waals surface area (Å²) < 4.78 is 57.9. The van der Waals surface area contributed by atoms with E-state index in [0.717, 1.165) is 31.0 Å². The van der Waals surface area contributed by atoms with Crippen LogP contribution in [0.15, 0.2) is 60.7 Å². The van der Waals surface area contributed by atoms with Gasteiger partial charge in [-0.3, -0.25) is 9.59 Å². The summed E-state index contributed by atoms with van der Waals surface area (Å²) in [5, 5.41) is 17.1. The van der Waals surface area contributed by atoms with Crippen LogP contribution in [-0.4, -0.2) is 67.8 Å². The monoisotopic (exact) mass is 643 g/mol. The highest BCUT2D eigenvalue weighted by Gasteiger charge is 2.32. The van der Waals surface area contributed by atoms with E-state index in [2.05, 4.69) is 10.6 Å². The predicted molar refractivity (Wildman–Crippen MR) is 167 cm³/mol. The van der Waals surface area contributed by atoms with Crippen LogP contribution in [0.4, 0.5) is 8.78 Å². The fourth-order valence-electron chi connectivity index (χ4n) is 5.48. The number of carbonyl (C=O) groups excluding carboxylic acids is 2. The van der Waals surface area contributed by atoms with E-state index in [4.69, 9.17) is 4.18 Å². The van der Waals surface area contributed by atoms with Crippen molar-refractivity contribution < 1.29 is 36.1 Å². The molecule has 0 aliphatic carbocycles. The van der Waals surface area contributed by atoms with Gasteiger partial charge >= 0.3 is 10.1 Å². The van der Waals surface area contributed by atoms with E-state index in [0.29, 0.717) is 29.8 Å². The number of carbonyl (C=O) groups is 2. The van der Waals surface area contributed by atoms with E-state index < -0.39 is 45.8 Å². The zero-order chi connectivity index (χ0) is 32.7. The van der Waals surface area contributed by atoms with Gasteiger partial charge in [0.15, 0.2) is 0 Å². The minimum absolute atomic E-state index is 0.135. The molecule has 0 spiro atoms. The van der Waals surface area contributed by atoms with Gasteiger partial charge in [-0.05, 0) is 73.7 Å². The Kier molecular flexibility index (Phi) is 11.3. The van der Waals surface area contributed by atoms with Crippen LogP contribution in [0.2, 0.25) is 0 Å². The van der Waals surface area contributed by atoms with Crippen molar-refractivity contribution in [2.75, 3.05) is 25.4 Å². The molecule has 45 heavy (non-hydrogen) atoms. The fourth-order valence-corrected chi connectivity index (χ4v) is 6.67. The maximum Gasteiger partial charge on any atom is 0.311 e. The number of para-hydroxylation sites is 1. The number of aliphatic hydroxyl groups is 1. The number of rotatable bonds is 13. The van der Waals surface area contributed by atoms with Crippen molar-refractivity contribution in [3.63, 3.8) is 0 Å². The first-order chi connectivity index (χ1) is 21.4. The van der Waals surface area contributed by atoms with Crippen molar-refractivity contribution in [3.8, 4) is 5.75 Å². The van der Waals surface area contributed by atoms with Crippen molar-refractivity contribution in [3.05, 3.63) is 100 Å². The fraction of sp³-hybridized carbons (Fsp3) is 0.394. The maximum absolute atomic E-state index is 14.0. The first kappa shape index (κ1) is 34.0. The summed E-state index contributed by atoms with van der Waals surface area (Å²) in [6.07, 6.45) is 0.118. The lowest BCUT2D eigenvalue weighted by atomic mass is 9.98. The molecule has 3 atom stereocenters. The highest BCUT2D eigenvalue weighted by molar-refractivity contribution is 7.87. The Balaban J connectivity index is 1.58. The maximum atomic E-state index is 14.0. The first-order valence-corrected chi connectivity index (χ1v) is 16.6. The molecule has 3 N–H and O–H groups in total. The summed E-state index contributed by atoms with van der Waals surface area (Å²) >= 11 is 0. The van der Waals surface area contributed by atoms with Gasteiger partial charge in [0.2, 0.25) is 0 Å². The topological polar surface area (TPSA) is 125 Å². The van der Waals surface area contributed by atoms with Crippen LogP contribution in [0.25, 0.3) is 0 Å². The van der Waals surface area contributed by atoms with Gasteiger partial charge in [0, 0.05) is 42.4 Å². The van der Waals surface area contributed by atoms with Crippen LogP contribution >= 0.6 is 0 Å². The summed E-state index contributed by atoms with van der Waals surface area (Å²) in [6.45, 7) is 6.71. The third kappa shape index (κ3) is 9.09. The van der Waals surface area contributed by atoms with E-state index in [1.54, 1.807) is 42.2 Å². The van der Waals surface area contributed by atoms with Crippen LogP contribution in [0.3, 0.4) is 0 Å². The Labute approximate surface area is 262 Å². The number of halogens is 2. The largest absolute Gasteiger partial charge is 0.390 e. The second-order valence-electron chi connectivity index (χ2n) is 11.3. The molecule has 3 aromatic carbocycles. The van der Waals surface area contributed by atoms with Gasteiger partial charge in [0.1, 0.15) is 23.1 Å². The average molecular weight is 644 g/mol. The van der Waals surface area contributed by atoms with Gasteiger partial charge in [0.05, 0.1) is 18.2 Å². The van der Waals surface area contributed by atoms with E-state index in [9.17, 15) is 31.9 Å². The Morgan fingerprint density at radius 2 is 1.64 bits per heavy atom. The number of nitrogens with zero attached hydrogens (tertiary/aromatic N) is 1. The van der Waals surface area contributed by atoms with Gasteiger partial charge < -0.3 is 24.8 Å². The molecule has 0 fully saturated rings. The molecular weight excluding hydrogens is 604 g/mol. The Bertz CT molecular complexity index is 1610. The number of fused-ring (bicyclic) bond motifs is 1. The van der Waals surface area contributed by atoms with E-state index in [-0.39, 0.29) is 41.5 Å². The summed E-state index contributed by atoms with van der Waals surface area (Å²) in [4.78, 5) is 28.6. The number of aryl methyl sites for hydroxylation is 1. The molecule has 12 heteroatoms. The molecule has 4 rings (SSSR count). The number of hydrogen-bond donors (Lipinski definition) is 3. The smallest absolute Gasteiger partial charge is 0.311 e. The molecule has 2 amide bonds. The van der Waals surface area contributed by atoms with Crippen molar-refractivity contribution in [1.29, 1.82) is 0 Å². The quantitative estimate of drug-likeness (QED) is 0.238. The molecule has 3 aromatic rings. The molecule has 1 aliphatic heterocycles. The summed E-state index contributed by atoms with van der Waals surface area (Å²) in [5.74, 6) is -2.60. The molecule has 0 radical (unpaired) electrons. The van der Waals surface area contributed by atoms with Gasteiger partial charge in [-0.2, -0.15) is 8.42 Å². The summed E-state index contributed by atoms with van der Waals surface area (Å²) in [5.41, 5.74) is 2.01. The summed E-state index contributed by atoms with van der Waals surface area (Å²) in [6, 6.07) is 12.6. The molecule has 1 aliphatic rings. The van der Waals surface area contributed by atoms with Crippen molar-refractivity contribution in [2.24, 2.45) is 0 Å². The number of nitrogens with one attached hydrogen (secondary N) is 2. The number of amides is 2. The second-order valence-corrected chi connectivity index (χ2v) is 12.9. The Morgan fingerprint density at radius 3 is 2.31 bits per heavy atom. The van der Waals surface area contributed by atoms with Crippen molar-refractivity contribution in [1.82, 2.24) is 15.5 Å². The number of aliphatic hydroxyl groups excluding tert-OH is 1. The number of hydrogen-bond acceptors (Lipinski definition) is 7. The SMILES string of the molecule is CCCN(CCC)C(=O)c1cc(C)cc(C(=O)N[C@@H](Cc2cc(F)cc(F)c2)[C@@H](O)CNC2CS(=O)(=O)Oc3ccccc32)c1. The molecule has 0 saturated heterocycles. The molecule has 0 aromatic heterocycles. The van der Waals surface area contributed by atoms with Gasteiger partial charge in [0.25, 0.3) is 11.8 Å². The van der Waals surface area contributed by atoms with Crippen molar-refractivity contribution in [2.45, 2.75) is 58.2 Å². The van der Waals surface area contributed by atoms with Crippen LogP contribution in [0, 0.1) is 18.6 Å². The molecule has 1 unspecified atom stereocenters. The average Bonchev–Trinajstić information content (AvgIpc) is 2.97. The minimum Gasteiger partial charge on any atom is -0.390 e. The van der Waals surface area contributed by atoms with Gasteiger partial charge in [-0.25, -0.2) is 8.78 Å². The van der Waals surface area contributed by atoms with Crippen LogP contribution in [-0.2, 0) is 16.5 Å². The predicted octanol–water partition coefficient (Wildman–Crippen LogP) is 4.29. The lowest BCUT2D eigenvalue weighted by Gasteiger charge is -2.29. The molecular formula is C33H39F2N3O6S. The molecule has 9 nitrogen and oxygen atoms in total. The van der Waals surface area contributed by atoms with Gasteiger partial charge in [-0.15, -0.1) is 0 Å². The third-order valence-electron chi connectivity index (χ3n) is 7.48. The van der Waals surface area contributed by atoms with E-state index >= 15 is 0 Å². The summed E-state index contributed by atoms with van der Waals surface area (Å²) in [7, 11) is -3.88. The third-order valence-corrected chi connectivity index (χ3v) is 8.65. The molecule has 242 valence electrons. The second kappa shape index (κ2) is 14.9. The van der Waals surface area contributed by atoms with Crippen LogP contribution in [0.5, 0.6) is 5.75 Å². The van der Waals surface area contributed by atoms with Gasteiger partial charge in [-0.1, -0.05) is 32.0 Å². The molecule has 1 heterocycles. The normalized spacial score (nSPS) is 16.6. The van der Waals surface area contributed by atoms with Crippen LogP contribution in [0.1, 0.15) is 70.1 Å². The lowest BCUT2D eigenvalue weighted by Crippen LogP contribution is -2.50. The first-order valence-electron chi connectivity index (χ1n) is 15.0. The van der Waals surface area contributed by atoms with Crippen molar-refractivity contribution >= 4 is 21.9 Å². The standard InChI is InChI=1S/C33H39F2N3O6S/c1-4-10-38(11-5-2)33(41)24-13-21(3)12-23(17-24)32(40)37-28(16-22-14-25(34)18-26(35)15-22)30(39)19-36-29-20-45(42,43)44-31-9-7-6-8-27(29)31/h6-9,12-15,17-18,28-30,36,39H,4-5,10-11,16,19-20H2,1-3H3,(H,37,40)/t28-,29?,30-/m0/s1. The van der Waals surface area contributed by atoms with E-state index in [1.807, 2.05) is 13.8 Å². The zero-order valence-electron chi connectivity index (χ0n) is 25.6. The Hall–Kier alpha value is -3.87. The molecule has 0 saturated carbocycles. The van der Waals surface area contributed by atoms with E-state index in [1.165, 1.54) is 12.1 Å². The lowest BCUT2D eigenvalue weighted by molar-refractivity contribution is 0.0755. The zero-order valence-corrected chi connectivity index (χ0v) is 26.4. The highest BCUT2D eigenvalue weighted by Crippen LogP contribution is 2.32.